The molecule has 0 aliphatic carbocycles. The molecule has 2 rings (SSSR count). The van der Waals surface area contributed by atoms with Gasteiger partial charge in [0.25, 0.3) is 0 Å². The summed E-state index contributed by atoms with van der Waals surface area (Å²) in [6.07, 6.45) is 0. The smallest absolute Gasteiger partial charge is 0.234 e. The number of ether oxygens (including phenoxy) is 1. The molecule has 0 unspecified atom stereocenters. The molecule has 0 aromatic heterocycles. The summed E-state index contributed by atoms with van der Waals surface area (Å²) in [4.78, 5) is 11.9. The van der Waals surface area contributed by atoms with Crippen molar-refractivity contribution in [1.82, 2.24) is 10.6 Å². The fourth-order valence-corrected chi connectivity index (χ4v) is 2.31. The number of amides is 1. The van der Waals surface area contributed by atoms with Crippen molar-refractivity contribution in [2.75, 3.05) is 13.7 Å². The van der Waals surface area contributed by atoms with Crippen LogP contribution in [-0.4, -0.2) is 19.6 Å². The maximum atomic E-state index is 13.7. The first kappa shape index (κ1) is 17.9. The summed E-state index contributed by atoms with van der Waals surface area (Å²) < 4.78 is 31.8. The number of nitrogens with one attached hydrogen (secondary N) is 2. The van der Waals surface area contributed by atoms with Crippen LogP contribution < -0.4 is 15.4 Å². The molecule has 1 amide bonds. The lowest BCUT2D eigenvalue weighted by atomic mass is 10.1. The first-order chi connectivity index (χ1) is 11.5. The van der Waals surface area contributed by atoms with Gasteiger partial charge in [0.05, 0.1) is 13.7 Å². The second kappa shape index (κ2) is 8.40. The van der Waals surface area contributed by atoms with Crippen molar-refractivity contribution in [3.8, 4) is 5.75 Å². The predicted molar refractivity (Wildman–Crippen MR) is 87.6 cm³/mol. The molecule has 2 aromatic carbocycles. The lowest BCUT2D eigenvalue weighted by Gasteiger charge is -2.15. The van der Waals surface area contributed by atoms with Gasteiger partial charge in [-0.1, -0.05) is 24.3 Å². The van der Waals surface area contributed by atoms with E-state index in [4.69, 9.17) is 4.74 Å². The fourth-order valence-electron chi connectivity index (χ4n) is 2.31. The molecule has 4 nitrogen and oxygen atoms in total. The van der Waals surface area contributed by atoms with Gasteiger partial charge in [0.2, 0.25) is 5.91 Å². The Morgan fingerprint density at radius 2 is 1.96 bits per heavy atom. The third-order valence-corrected chi connectivity index (χ3v) is 3.67. The zero-order valence-electron chi connectivity index (χ0n) is 13.6. The van der Waals surface area contributed by atoms with E-state index in [-0.39, 0.29) is 12.5 Å². The molecule has 0 radical (unpaired) electrons. The summed E-state index contributed by atoms with van der Waals surface area (Å²) in [5, 5.41) is 5.69. The Morgan fingerprint density at radius 3 is 2.67 bits per heavy atom. The molecule has 1 atom stereocenters. The van der Waals surface area contributed by atoms with E-state index in [9.17, 15) is 13.6 Å². The molecule has 0 saturated carbocycles. The average molecular weight is 334 g/mol. The molecule has 0 heterocycles. The molecule has 6 heteroatoms. The highest BCUT2D eigenvalue weighted by atomic mass is 19.1. The van der Waals surface area contributed by atoms with E-state index in [2.05, 4.69) is 10.6 Å². The van der Waals surface area contributed by atoms with E-state index < -0.39 is 17.7 Å². The summed E-state index contributed by atoms with van der Waals surface area (Å²) in [6, 6.07) is 10.4. The predicted octanol–water partition coefficient (Wildman–Crippen LogP) is 2.94. The third-order valence-electron chi connectivity index (χ3n) is 3.67. The Bertz CT molecular complexity index is 707. The Morgan fingerprint density at radius 1 is 1.21 bits per heavy atom. The lowest BCUT2D eigenvalue weighted by Crippen LogP contribution is -2.35. The van der Waals surface area contributed by atoms with Gasteiger partial charge in [-0.15, -0.1) is 0 Å². The number of carbonyl (C=O) groups excluding carboxylic acids is 1. The molecule has 128 valence electrons. The summed E-state index contributed by atoms with van der Waals surface area (Å²) in [7, 11) is 1.57. The molecular weight excluding hydrogens is 314 g/mol. The Kier molecular flexibility index (Phi) is 6.26. The van der Waals surface area contributed by atoms with Crippen LogP contribution in [0.5, 0.6) is 5.75 Å². The van der Waals surface area contributed by atoms with Gasteiger partial charge in [0, 0.05) is 29.8 Å². The number of hydrogen-bond acceptors (Lipinski definition) is 3. The van der Waals surface area contributed by atoms with Crippen LogP contribution >= 0.6 is 0 Å². The molecule has 0 fully saturated rings. The maximum absolute atomic E-state index is 13.7. The van der Waals surface area contributed by atoms with Gasteiger partial charge < -0.3 is 15.4 Å². The summed E-state index contributed by atoms with van der Waals surface area (Å²) in [5.41, 5.74) is 1.18. The molecule has 0 saturated heterocycles. The van der Waals surface area contributed by atoms with Gasteiger partial charge >= 0.3 is 0 Å². The molecule has 2 N–H and O–H groups in total. The maximum Gasteiger partial charge on any atom is 0.234 e. The van der Waals surface area contributed by atoms with E-state index >= 15 is 0 Å². The number of halogens is 2. The van der Waals surface area contributed by atoms with Crippen LogP contribution in [0.15, 0.2) is 42.5 Å². The third kappa shape index (κ3) is 4.76. The minimum Gasteiger partial charge on any atom is -0.496 e. The van der Waals surface area contributed by atoms with Crippen LogP contribution in [0.25, 0.3) is 0 Å². The highest BCUT2D eigenvalue weighted by Crippen LogP contribution is 2.18. The van der Waals surface area contributed by atoms with Gasteiger partial charge in [-0.2, -0.15) is 0 Å². The SMILES string of the molecule is COc1ccccc1CNC(=O)CN[C@@H](C)c1ccc(F)cc1F. The van der Waals surface area contributed by atoms with Gasteiger partial charge in [-0.05, 0) is 19.1 Å². The van der Waals surface area contributed by atoms with Gasteiger partial charge in [-0.3, -0.25) is 4.79 Å². The second-order valence-corrected chi connectivity index (χ2v) is 5.36. The van der Waals surface area contributed by atoms with Crippen LogP contribution in [0.3, 0.4) is 0 Å². The Labute approximate surface area is 139 Å². The normalized spacial score (nSPS) is 11.8. The van der Waals surface area contributed by atoms with Crippen LogP contribution in [0.1, 0.15) is 24.1 Å². The van der Waals surface area contributed by atoms with E-state index in [0.717, 1.165) is 11.6 Å². The van der Waals surface area contributed by atoms with E-state index in [1.165, 1.54) is 12.1 Å². The van der Waals surface area contributed by atoms with E-state index in [1.807, 2.05) is 24.3 Å². The minimum atomic E-state index is -0.635. The van der Waals surface area contributed by atoms with Crippen LogP contribution in [0, 0.1) is 11.6 Å². The molecule has 0 aliphatic rings. The monoisotopic (exact) mass is 334 g/mol. The quantitative estimate of drug-likeness (QED) is 0.818. The number of rotatable bonds is 7. The summed E-state index contributed by atoms with van der Waals surface area (Å²) >= 11 is 0. The van der Waals surface area contributed by atoms with Crippen molar-refractivity contribution in [3.63, 3.8) is 0 Å². The highest BCUT2D eigenvalue weighted by Gasteiger charge is 2.13. The lowest BCUT2D eigenvalue weighted by molar-refractivity contribution is -0.120. The number of methoxy groups -OCH3 is 1. The van der Waals surface area contributed by atoms with Crippen molar-refractivity contribution in [2.24, 2.45) is 0 Å². The zero-order valence-corrected chi connectivity index (χ0v) is 13.6. The average Bonchev–Trinajstić information content (AvgIpc) is 2.58. The number of carbonyl (C=O) groups is 1. The summed E-state index contributed by atoms with van der Waals surface area (Å²) in [5.74, 6) is -0.787. The molecule has 0 bridgehead atoms. The largest absolute Gasteiger partial charge is 0.496 e. The second-order valence-electron chi connectivity index (χ2n) is 5.36. The fraction of sp³-hybridized carbons (Fsp3) is 0.278. The number of hydrogen-bond donors (Lipinski definition) is 2. The van der Waals surface area contributed by atoms with Gasteiger partial charge in [0.15, 0.2) is 0 Å². The molecular formula is C18H20F2N2O2. The number of para-hydroxylation sites is 1. The van der Waals surface area contributed by atoms with Crippen LogP contribution in [-0.2, 0) is 11.3 Å². The van der Waals surface area contributed by atoms with E-state index in [0.29, 0.717) is 17.9 Å². The number of benzene rings is 2. The highest BCUT2D eigenvalue weighted by molar-refractivity contribution is 5.78. The molecule has 24 heavy (non-hydrogen) atoms. The Hall–Kier alpha value is -2.47. The van der Waals surface area contributed by atoms with Crippen molar-refractivity contribution in [3.05, 3.63) is 65.2 Å². The standard InChI is InChI=1S/C18H20F2N2O2/c1-12(15-8-7-14(19)9-16(15)20)21-11-18(23)22-10-13-5-3-4-6-17(13)24-2/h3-9,12,21H,10-11H2,1-2H3,(H,22,23)/t12-/m0/s1. The van der Waals surface area contributed by atoms with Crippen molar-refractivity contribution < 1.29 is 18.3 Å². The van der Waals surface area contributed by atoms with E-state index in [1.54, 1.807) is 14.0 Å². The summed E-state index contributed by atoms with van der Waals surface area (Å²) in [6.45, 7) is 2.07. The van der Waals surface area contributed by atoms with Gasteiger partial charge in [0.1, 0.15) is 17.4 Å². The van der Waals surface area contributed by atoms with Gasteiger partial charge in [-0.25, -0.2) is 8.78 Å². The minimum absolute atomic E-state index is 0.0210. The first-order valence-corrected chi connectivity index (χ1v) is 7.58. The topological polar surface area (TPSA) is 50.4 Å². The molecule has 2 aromatic rings. The Balaban J connectivity index is 1.84. The molecule has 0 aliphatic heterocycles. The molecule has 0 spiro atoms. The van der Waals surface area contributed by atoms with Crippen LogP contribution in [0.4, 0.5) is 8.78 Å². The first-order valence-electron chi connectivity index (χ1n) is 7.58. The van der Waals surface area contributed by atoms with Crippen LogP contribution in [0.2, 0.25) is 0 Å². The van der Waals surface area contributed by atoms with Crippen molar-refractivity contribution in [1.29, 1.82) is 0 Å². The zero-order chi connectivity index (χ0) is 17.5. The van der Waals surface area contributed by atoms with Crippen molar-refractivity contribution in [2.45, 2.75) is 19.5 Å². The van der Waals surface area contributed by atoms with Crippen molar-refractivity contribution >= 4 is 5.91 Å².